The van der Waals surface area contributed by atoms with Crippen LogP contribution in [0.15, 0.2) is 18.2 Å². The van der Waals surface area contributed by atoms with Gasteiger partial charge in [0.25, 0.3) is 0 Å². The number of carboxylic acid groups (broad SMARTS) is 1. The van der Waals surface area contributed by atoms with Crippen LogP contribution >= 0.6 is 0 Å². The fourth-order valence-electron chi connectivity index (χ4n) is 2.36. The first-order valence-electron chi connectivity index (χ1n) is 7.01. The second kappa shape index (κ2) is 7.17. The predicted molar refractivity (Wildman–Crippen MR) is 74.8 cm³/mol. The number of rotatable bonds is 5. The summed E-state index contributed by atoms with van der Waals surface area (Å²) in [5.74, 6) is -2.44. The van der Waals surface area contributed by atoms with Crippen LogP contribution in [0.4, 0.5) is 10.1 Å². The summed E-state index contributed by atoms with van der Waals surface area (Å²) in [6.45, 7) is 0.711. The van der Waals surface area contributed by atoms with Gasteiger partial charge in [-0.05, 0) is 37.8 Å². The number of aromatic carboxylic acids is 1. The maximum absolute atomic E-state index is 13.7. The molecular formula is C15H18FNO4. The van der Waals surface area contributed by atoms with E-state index in [1.807, 2.05) is 0 Å². The first-order valence-corrected chi connectivity index (χ1v) is 7.01. The maximum Gasteiger partial charge on any atom is 0.337 e. The van der Waals surface area contributed by atoms with Crippen molar-refractivity contribution in [1.82, 2.24) is 0 Å². The van der Waals surface area contributed by atoms with Crippen molar-refractivity contribution in [2.45, 2.75) is 38.2 Å². The highest BCUT2D eigenvalue weighted by atomic mass is 19.1. The highest BCUT2D eigenvalue weighted by molar-refractivity contribution is 6.00. The largest absolute Gasteiger partial charge is 0.478 e. The zero-order chi connectivity index (χ0) is 15.2. The molecule has 21 heavy (non-hydrogen) atoms. The van der Waals surface area contributed by atoms with Crippen LogP contribution in [0.2, 0.25) is 0 Å². The third-order valence-electron chi connectivity index (χ3n) is 3.48. The van der Waals surface area contributed by atoms with Crippen molar-refractivity contribution in [2.75, 3.05) is 11.9 Å². The van der Waals surface area contributed by atoms with E-state index < -0.39 is 17.7 Å². The van der Waals surface area contributed by atoms with E-state index in [2.05, 4.69) is 5.32 Å². The van der Waals surface area contributed by atoms with Crippen molar-refractivity contribution in [1.29, 1.82) is 0 Å². The van der Waals surface area contributed by atoms with Crippen LogP contribution < -0.4 is 5.32 Å². The molecule has 1 aliphatic heterocycles. The van der Waals surface area contributed by atoms with Crippen LogP contribution in [0.5, 0.6) is 0 Å². The minimum absolute atomic E-state index is 0.0593. The lowest BCUT2D eigenvalue weighted by atomic mass is 10.0. The van der Waals surface area contributed by atoms with Gasteiger partial charge in [0.2, 0.25) is 5.91 Å². The molecule has 1 unspecified atom stereocenters. The molecule has 0 aliphatic carbocycles. The van der Waals surface area contributed by atoms with E-state index in [4.69, 9.17) is 9.84 Å². The second-order valence-electron chi connectivity index (χ2n) is 5.04. The molecule has 1 heterocycles. The monoisotopic (exact) mass is 295 g/mol. The molecule has 1 fully saturated rings. The summed E-state index contributed by atoms with van der Waals surface area (Å²) < 4.78 is 19.2. The van der Waals surface area contributed by atoms with E-state index in [-0.39, 0.29) is 23.8 Å². The summed E-state index contributed by atoms with van der Waals surface area (Å²) in [5, 5.41) is 11.3. The predicted octanol–water partition coefficient (Wildman–Crippen LogP) is 2.81. The Morgan fingerprint density at radius 2 is 2.19 bits per heavy atom. The molecule has 0 bridgehead atoms. The number of anilines is 1. The molecule has 1 aromatic carbocycles. The quantitative estimate of drug-likeness (QED) is 0.876. The summed E-state index contributed by atoms with van der Waals surface area (Å²) in [5.41, 5.74) is -0.531. The van der Waals surface area contributed by atoms with Crippen molar-refractivity contribution in [3.63, 3.8) is 0 Å². The Morgan fingerprint density at radius 1 is 1.38 bits per heavy atom. The minimum Gasteiger partial charge on any atom is -0.478 e. The van der Waals surface area contributed by atoms with Crippen LogP contribution in [-0.4, -0.2) is 29.7 Å². The maximum atomic E-state index is 13.7. The van der Waals surface area contributed by atoms with Gasteiger partial charge < -0.3 is 15.2 Å². The number of carbonyl (C=O) groups is 2. The van der Waals surface area contributed by atoms with Gasteiger partial charge in [0.05, 0.1) is 17.4 Å². The lowest BCUT2D eigenvalue weighted by molar-refractivity contribution is -0.117. The van der Waals surface area contributed by atoms with Crippen molar-refractivity contribution in [2.24, 2.45) is 0 Å². The van der Waals surface area contributed by atoms with Gasteiger partial charge in [-0.2, -0.15) is 0 Å². The number of benzene rings is 1. The van der Waals surface area contributed by atoms with Gasteiger partial charge in [-0.3, -0.25) is 4.79 Å². The van der Waals surface area contributed by atoms with Crippen LogP contribution in [0.25, 0.3) is 0 Å². The Labute approximate surface area is 122 Å². The van der Waals surface area contributed by atoms with Gasteiger partial charge in [-0.25, -0.2) is 9.18 Å². The Bertz CT molecular complexity index is 526. The van der Waals surface area contributed by atoms with Crippen molar-refractivity contribution >= 4 is 17.6 Å². The molecule has 2 rings (SSSR count). The second-order valence-corrected chi connectivity index (χ2v) is 5.04. The summed E-state index contributed by atoms with van der Waals surface area (Å²) in [4.78, 5) is 22.9. The highest BCUT2D eigenvalue weighted by Gasteiger charge is 2.18. The number of nitrogens with one attached hydrogen (secondary N) is 1. The minimum atomic E-state index is -1.28. The average Bonchev–Trinajstić information content (AvgIpc) is 2.48. The number of para-hydroxylation sites is 1. The van der Waals surface area contributed by atoms with E-state index in [0.717, 1.165) is 25.3 Å². The zero-order valence-electron chi connectivity index (χ0n) is 11.6. The molecule has 1 amide bonds. The average molecular weight is 295 g/mol. The Kier molecular flexibility index (Phi) is 5.27. The SMILES string of the molecule is O=C(CCC1CCCCO1)Nc1c(F)cccc1C(=O)O. The van der Waals surface area contributed by atoms with E-state index in [9.17, 15) is 14.0 Å². The third kappa shape index (κ3) is 4.26. The smallest absolute Gasteiger partial charge is 0.337 e. The van der Waals surface area contributed by atoms with E-state index in [1.165, 1.54) is 12.1 Å². The standard InChI is InChI=1S/C15H18FNO4/c16-12-6-3-5-11(15(19)20)14(12)17-13(18)8-7-10-4-1-2-9-21-10/h3,5-6,10H,1-2,4,7-9H2,(H,17,18)(H,19,20). The molecule has 1 saturated heterocycles. The zero-order valence-corrected chi connectivity index (χ0v) is 11.6. The summed E-state index contributed by atoms with van der Waals surface area (Å²) in [6, 6.07) is 3.67. The van der Waals surface area contributed by atoms with Gasteiger partial charge in [0.15, 0.2) is 0 Å². The molecule has 0 radical (unpaired) electrons. The molecule has 0 spiro atoms. The van der Waals surface area contributed by atoms with Crippen molar-refractivity contribution in [3.05, 3.63) is 29.6 Å². The number of hydrogen-bond acceptors (Lipinski definition) is 3. The van der Waals surface area contributed by atoms with E-state index >= 15 is 0 Å². The van der Waals surface area contributed by atoms with Crippen molar-refractivity contribution < 1.29 is 23.8 Å². The van der Waals surface area contributed by atoms with Crippen LogP contribution in [0.3, 0.4) is 0 Å². The highest BCUT2D eigenvalue weighted by Crippen LogP contribution is 2.21. The van der Waals surface area contributed by atoms with Crippen molar-refractivity contribution in [3.8, 4) is 0 Å². The van der Waals surface area contributed by atoms with Crippen LogP contribution in [0, 0.1) is 5.82 Å². The number of carboxylic acids is 1. The first-order chi connectivity index (χ1) is 10.1. The molecule has 5 nitrogen and oxygen atoms in total. The molecule has 6 heteroatoms. The van der Waals surface area contributed by atoms with Gasteiger partial charge >= 0.3 is 5.97 Å². The molecule has 0 aromatic heterocycles. The van der Waals surface area contributed by atoms with Gasteiger partial charge in [-0.1, -0.05) is 6.07 Å². The molecule has 1 aliphatic rings. The fraction of sp³-hybridized carbons (Fsp3) is 0.467. The molecule has 1 atom stereocenters. The number of hydrogen-bond donors (Lipinski definition) is 2. The topological polar surface area (TPSA) is 75.6 Å². The summed E-state index contributed by atoms with van der Waals surface area (Å²) in [6.07, 6.45) is 3.85. The molecule has 114 valence electrons. The number of ether oxygens (including phenoxy) is 1. The van der Waals surface area contributed by atoms with Crippen LogP contribution in [0.1, 0.15) is 42.5 Å². The number of carbonyl (C=O) groups excluding carboxylic acids is 1. The van der Waals surface area contributed by atoms with Gasteiger partial charge in [0, 0.05) is 13.0 Å². The van der Waals surface area contributed by atoms with Gasteiger partial charge in [-0.15, -0.1) is 0 Å². The van der Waals surface area contributed by atoms with Gasteiger partial charge in [0.1, 0.15) is 5.82 Å². The molecular weight excluding hydrogens is 277 g/mol. The van der Waals surface area contributed by atoms with E-state index in [0.29, 0.717) is 13.0 Å². The lowest BCUT2D eigenvalue weighted by Crippen LogP contribution is -2.22. The summed E-state index contributed by atoms with van der Waals surface area (Å²) in [7, 11) is 0. The third-order valence-corrected chi connectivity index (χ3v) is 3.48. The number of amides is 1. The molecule has 2 N–H and O–H groups in total. The van der Waals surface area contributed by atoms with Crippen LogP contribution in [-0.2, 0) is 9.53 Å². The Balaban J connectivity index is 1.94. The lowest BCUT2D eigenvalue weighted by Gasteiger charge is -2.22. The molecule has 0 saturated carbocycles. The normalized spacial score (nSPS) is 18.2. The summed E-state index contributed by atoms with van der Waals surface area (Å²) >= 11 is 0. The Morgan fingerprint density at radius 3 is 2.86 bits per heavy atom. The number of halogens is 1. The fourth-order valence-corrected chi connectivity index (χ4v) is 2.36. The molecule has 1 aromatic rings. The van der Waals surface area contributed by atoms with E-state index in [1.54, 1.807) is 0 Å². The Hall–Kier alpha value is -1.95. The first kappa shape index (κ1) is 15.4.